The Morgan fingerprint density at radius 3 is 2.52 bits per heavy atom. The number of rotatable bonds is 4. The number of benzene rings is 2. The molecule has 2 aromatic carbocycles. The second kappa shape index (κ2) is 6.32. The fourth-order valence-corrected chi connectivity index (χ4v) is 1.79. The Hall–Kier alpha value is -2.47. The Labute approximate surface area is 124 Å². The highest BCUT2D eigenvalue weighted by Gasteiger charge is 2.17. The van der Waals surface area contributed by atoms with Crippen molar-refractivity contribution < 1.29 is 18.8 Å². The molecule has 2 rings (SSSR count). The lowest BCUT2D eigenvalue weighted by molar-refractivity contribution is -0.384. The van der Waals surface area contributed by atoms with E-state index in [0.717, 1.165) is 6.07 Å². The maximum atomic E-state index is 12.7. The number of esters is 1. The first kappa shape index (κ1) is 14.9. The third-order valence-electron chi connectivity index (χ3n) is 2.66. The van der Waals surface area contributed by atoms with Gasteiger partial charge in [0.15, 0.2) is 0 Å². The van der Waals surface area contributed by atoms with Crippen molar-refractivity contribution in [3.05, 3.63) is 74.5 Å². The fraction of sp³-hybridized carbons (Fsp3) is 0.0714. The van der Waals surface area contributed by atoms with Gasteiger partial charge in [0.25, 0.3) is 5.69 Å². The molecule has 0 spiro atoms. The quantitative estimate of drug-likeness (QED) is 0.490. The molecule has 0 saturated carbocycles. The number of hydrogen-bond donors (Lipinski definition) is 0. The zero-order valence-corrected chi connectivity index (χ0v) is 11.3. The molecule has 0 unspecified atom stereocenters. The van der Waals surface area contributed by atoms with Crippen molar-refractivity contribution >= 4 is 23.3 Å². The van der Waals surface area contributed by atoms with Crippen LogP contribution < -0.4 is 0 Å². The molecule has 108 valence electrons. The largest absolute Gasteiger partial charge is 0.457 e. The first-order valence-electron chi connectivity index (χ1n) is 5.83. The monoisotopic (exact) mass is 309 g/mol. The molecule has 0 saturated heterocycles. The van der Waals surface area contributed by atoms with Crippen molar-refractivity contribution in [2.75, 3.05) is 0 Å². The third-order valence-corrected chi connectivity index (χ3v) is 2.99. The highest BCUT2D eigenvalue weighted by Crippen LogP contribution is 2.23. The van der Waals surface area contributed by atoms with Gasteiger partial charge in [-0.05, 0) is 23.8 Å². The van der Waals surface area contributed by atoms with E-state index in [2.05, 4.69) is 0 Å². The van der Waals surface area contributed by atoms with Crippen LogP contribution in [0.1, 0.15) is 15.9 Å². The summed E-state index contributed by atoms with van der Waals surface area (Å²) in [6.07, 6.45) is 0. The predicted octanol–water partition coefficient (Wildman–Crippen LogP) is 3.74. The Kier molecular flexibility index (Phi) is 4.49. The summed E-state index contributed by atoms with van der Waals surface area (Å²) in [6.45, 7) is -0.0852. The van der Waals surface area contributed by atoms with Crippen LogP contribution in [0.5, 0.6) is 0 Å². The summed E-state index contributed by atoms with van der Waals surface area (Å²) in [5.41, 5.74) is 0.243. The summed E-state index contributed by atoms with van der Waals surface area (Å²) >= 11 is 5.83. The van der Waals surface area contributed by atoms with Crippen LogP contribution in [0.25, 0.3) is 0 Å². The average Bonchev–Trinajstić information content (AvgIpc) is 2.46. The number of halogens is 2. The van der Waals surface area contributed by atoms with Crippen LogP contribution in [-0.4, -0.2) is 10.9 Å². The number of hydrogen-bond acceptors (Lipinski definition) is 4. The molecule has 0 aromatic heterocycles. The highest BCUT2D eigenvalue weighted by atomic mass is 35.5. The summed E-state index contributed by atoms with van der Waals surface area (Å²) in [5, 5.41) is 10.7. The lowest BCUT2D eigenvalue weighted by Crippen LogP contribution is -2.06. The van der Waals surface area contributed by atoms with Gasteiger partial charge >= 0.3 is 5.97 Å². The van der Waals surface area contributed by atoms with E-state index in [1.54, 1.807) is 0 Å². The van der Waals surface area contributed by atoms with Gasteiger partial charge in [0, 0.05) is 12.1 Å². The molecule has 0 N–H and O–H groups in total. The smallest absolute Gasteiger partial charge is 0.340 e. The molecule has 0 amide bonds. The minimum atomic E-state index is -0.784. The summed E-state index contributed by atoms with van der Waals surface area (Å²) in [6, 6.07) is 8.92. The minimum Gasteiger partial charge on any atom is -0.457 e. The number of nitro benzene ring substituents is 1. The van der Waals surface area contributed by atoms with Gasteiger partial charge in [-0.2, -0.15) is 0 Å². The van der Waals surface area contributed by atoms with Gasteiger partial charge in [0.05, 0.1) is 15.5 Å². The van der Waals surface area contributed by atoms with Gasteiger partial charge in [-0.25, -0.2) is 9.18 Å². The van der Waals surface area contributed by atoms with Crippen LogP contribution in [0.15, 0.2) is 42.5 Å². The van der Waals surface area contributed by atoms with Gasteiger partial charge in [-0.3, -0.25) is 10.1 Å². The third kappa shape index (κ3) is 3.76. The summed E-state index contributed by atoms with van der Waals surface area (Å²) in [7, 11) is 0. The Bertz CT molecular complexity index is 688. The number of carbonyl (C=O) groups excluding carboxylic acids is 1. The molecule has 0 aliphatic heterocycles. The molecule has 0 fully saturated rings. The van der Waals surface area contributed by atoms with Crippen LogP contribution in [0.3, 0.4) is 0 Å². The molecule has 0 atom stereocenters. The molecular formula is C14H9ClFNO4. The lowest BCUT2D eigenvalue weighted by atomic mass is 10.2. The minimum absolute atomic E-state index is 0.0599. The van der Waals surface area contributed by atoms with Crippen molar-refractivity contribution in [2.24, 2.45) is 0 Å². The number of non-ortho nitro benzene ring substituents is 1. The molecule has 7 heteroatoms. The van der Waals surface area contributed by atoms with E-state index >= 15 is 0 Å². The van der Waals surface area contributed by atoms with E-state index in [1.165, 1.54) is 36.4 Å². The zero-order chi connectivity index (χ0) is 15.4. The summed E-state index contributed by atoms with van der Waals surface area (Å²) < 4.78 is 17.7. The molecule has 0 aliphatic rings. The van der Waals surface area contributed by atoms with Crippen molar-refractivity contribution in [1.82, 2.24) is 0 Å². The lowest BCUT2D eigenvalue weighted by Gasteiger charge is -2.06. The van der Waals surface area contributed by atoms with Gasteiger partial charge in [-0.15, -0.1) is 0 Å². The first-order valence-corrected chi connectivity index (χ1v) is 6.20. The van der Waals surface area contributed by atoms with E-state index in [4.69, 9.17) is 16.3 Å². The summed E-state index contributed by atoms with van der Waals surface area (Å²) in [5.74, 6) is -1.18. The second-order valence-corrected chi connectivity index (χ2v) is 4.53. The average molecular weight is 310 g/mol. The molecule has 0 bridgehead atoms. The van der Waals surface area contributed by atoms with E-state index in [9.17, 15) is 19.3 Å². The van der Waals surface area contributed by atoms with E-state index in [-0.39, 0.29) is 22.9 Å². The van der Waals surface area contributed by atoms with Crippen LogP contribution in [0, 0.1) is 15.9 Å². The van der Waals surface area contributed by atoms with Crippen LogP contribution in [0.2, 0.25) is 5.02 Å². The Balaban J connectivity index is 2.11. The molecule has 5 nitrogen and oxygen atoms in total. The molecule has 0 aliphatic carbocycles. The van der Waals surface area contributed by atoms with Gasteiger partial charge < -0.3 is 4.74 Å². The van der Waals surface area contributed by atoms with Crippen molar-refractivity contribution in [1.29, 1.82) is 0 Å². The highest BCUT2D eigenvalue weighted by molar-refractivity contribution is 6.33. The standard InChI is InChI=1S/C14H9ClFNO4/c15-13-6-5-11(17(19)20)7-12(13)14(18)21-8-9-1-3-10(16)4-2-9/h1-7H,8H2. The van der Waals surface area contributed by atoms with Crippen molar-refractivity contribution in [2.45, 2.75) is 6.61 Å². The number of nitro groups is 1. The SMILES string of the molecule is O=C(OCc1ccc(F)cc1)c1cc([N+](=O)[O-])ccc1Cl. The molecule has 21 heavy (non-hydrogen) atoms. The molecule has 0 heterocycles. The van der Waals surface area contributed by atoms with Crippen LogP contribution >= 0.6 is 11.6 Å². The first-order chi connectivity index (χ1) is 9.97. The number of carbonyl (C=O) groups is 1. The van der Waals surface area contributed by atoms with Crippen molar-refractivity contribution in [3.63, 3.8) is 0 Å². The predicted molar refractivity (Wildman–Crippen MR) is 73.6 cm³/mol. The molecule has 0 radical (unpaired) electrons. The maximum Gasteiger partial charge on any atom is 0.340 e. The molecule has 2 aromatic rings. The van der Waals surface area contributed by atoms with E-state index in [0.29, 0.717) is 5.56 Å². The Morgan fingerprint density at radius 1 is 1.24 bits per heavy atom. The topological polar surface area (TPSA) is 69.4 Å². The Morgan fingerprint density at radius 2 is 1.90 bits per heavy atom. The zero-order valence-electron chi connectivity index (χ0n) is 10.6. The fourth-order valence-electron chi connectivity index (χ4n) is 1.59. The van der Waals surface area contributed by atoms with E-state index < -0.39 is 16.7 Å². The van der Waals surface area contributed by atoms with Crippen LogP contribution in [0.4, 0.5) is 10.1 Å². The normalized spacial score (nSPS) is 10.2. The van der Waals surface area contributed by atoms with Crippen LogP contribution in [-0.2, 0) is 11.3 Å². The summed E-state index contributed by atoms with van der Waals surface area (Å²) in [4.78, 5) is 21.9. The number of nitrogens with zero attached hydrogens (tertiary/aromatic N) is 1. The van der Waals surface area contributed by atoms with Gasteiger partial charge in [0.1, 0.15) is 12.4 Å². The van der Waals surface area contributed by atoms with Gasteiger partial charge in [-0.1, -0.05) is 23.7 Å². The molecular weight excluding hydrogens is 301 g/mol. The van der Waals surface area contributed by atoms with Crippen molar-refractivity contribution in [3.8, 4) is 0 Å². The maximum absolute atomic E-state index is 12.7. The number of ether oxygens (including phenoxy) is 1. The van der Waals surface area contributed by atoms with E-state index in [1.807, 2.05) is 0 Å². The van der Waals surface area contributed by atoms with Gasteiger partial charge in [0.2, 0.25) is 0 Å². The second-order valence-electron chi connectivity index (χ2n) is 4.12.